The molecule has 0 saturated heterocycles. The van der Waals surface area contributed by atoms with Gasteiger partial charge in [0.1, 0.15) is 11.6 Å². The zero-order valence-electron chi connectivity index (χ0n) is 14.1. The Morgan fingerprint density at radius 3 is 2.58 bits per heavy atom. The smallest absolute Gasteiger partial charge is 0.241 e. The summed E-state index contributed by atoms with van der Waals surface area (Å²) in [6.45, 7) is 0.632. The molecule has 0 radical (unpaired) electrons. The van der Waals surface area contributed by atoms with Gasteiger partial charge in [-0.1, -0.05) is 12.1 Å². The van der Waals surface area contributed by atoms with Gasteiger partial charge in [-0.05, 0) is 60.2 Å². The summed E-state index contributed by atoms with van der Waals surface area (Å²) in [5.74, 6) is 0.365. The van der Waals surface area contributed by atoms with Crippen LogP contribution in [0.15, 0.2) is 47.4 Å². The van der Waals surface area contributed by atoms with Crippen LogP contribution >= 0.6 is 0 Å². The number of ether oxygens (including phenoxy) is 1. The first kappa shape index (κ1) is 17.5. The first-order valence-electron chi connectivity index (χ1n) is 8.64. The molecule has 0 spiro atoms. The van der Waals surface area contributed by atoms with Gasteiger partial charge in [0, 0.05) is 12.5 Å². The largest absolute Gasteiger partial charge is 0.493 e. The maximum absolute atomic E-state index is 13.1. The van der Waals surface area contributed by atoms with Gasteiger partial charge in [-0.3, -0.25) is 0 Å². The Hall–Kier alpha value is -1.96. The fourth-order valence-corrected chi connectivity index (χ4v) is 4.88. The molecule has 2 aromatic rings. The maximum atomic E-state index is 13.1. The lowest BCUT2D eigenvalue weighted by molar-refractivity contribution is 0.0280. The highest BCUT2D eigenvalue weighted by Gasteiger charge is 2.37. The molecule has 1 aliphatic carbocycles. The molecule has 1 saturated carbocycles. The van der Waals surface area contributed by atoms with Crippen LogP contribution in [-0.2, 0) is 16.4 Å². The Kier molecular flexibility index (Phi) is 4.46. The first-order valence-corrected chi connectivity index (χ1v) is 10.1. The average Bonchev–Trinajstić information content (AvgIpc) is 3.05. The van der Waals surface area contributed by atoms with Crippen molar-refractivity contribution in [3.8, 4) is 5.75 Å². The lowest BCUT2D eigenvalue weighted by Gasteiger charge is -2.38. The number of aliphatic hydroxyl groups excluding tert-OH is 1. The number of hydrogen-bond donors (Lipinski definition) is 2. The summed E-state index contributed by atoms with van der Waals surface area (Å²) < 4.78 is 46.9. The van der Waals surface area contributed by atoms with Crippen molar-refractivity contribution in [3.05, 3.63) is 59.4 Å². The highest BCUT2D eigenvalue weighted by Crippen LogP contribution is 2.40. The van der Waals surface area contributed by atoms with Gasteiger partial charge in [0.2, 0.25) is 10.0 Å². The Morgan fingerprint density at radius 2 is 1.88 bits per heavy atom. The SMILES string of the molecule is O=S(=O)(N[C@H](c1ccc2c(c1)CCO2)C1CC(O)C1)c1ccc(F)cc1. The molecule has 1 fully saturated rings. The van der Waals surface area contributed by atoms with Crippen LogP contribution in [0.1, 0.15) is 30.0 Å². The average molecular weight is 377 g/mol. The molecule has 0 amide bonds. The summed E-state index contributed by atoms with van der Waals surface area (Å²) in [4.78, 5) is 0.0215. The van der Waals surface area contributed by atoms with Crippen LogP contribution in [-0.4, -0.2) is 26.2 Å². The molecule has 1 heterocycles. The summed E-state index contributed by atoms with van der Waals surface area (Å²) in [6.07, 6.45) is 1.50. The second-order valence-electron chi connectivity index (χ2n) is 6.90. The van der Waals surface area contributed by atoms with Crippen LogP contribution in [0.2, 0.25) is 0 Å². The molecule has 26 heavy (non-hydrogen) atoms. The van der Waals surface area contributed by atoms with Crippen LogP contribution in [0.5, 0.6) is 5.75 Å². The Balaban J connectivity index is 1.64. The molecule has 1 atom stereocenters. The summed E-state index contributed by atoms with van der Waals surface area (Å²) in [7, 11) is -3.81. The lowest BCUT2D eigenvalue weighted by Crippen LogP contribution is -2.41. The molecule has 2 N–H and O–H groups in total. The van der Waals surface area contributed by atoms with Gasteiger partial charge in [-0.25, -0.2) is 17.5 Å². The summed E-state index contributed by atoms with van der Waals surface area (Å²) in [5.41, 5.74) is 1.92. The van der Waals surface area contributed by atoms with E-state index in [4.69, 9.17) is 4.74 Å². The minimum absolute atomic E-state index is 0.0144. The monoisotopic (exact) mass is 377 g/mol. The standard InChI is InChI=1S/C19H20FNO4S/c20-15-2-4-17(5-3-15)26(23,24)21-19(14-10-16(22)11-14)13-1-6-18-12(9-13)7-8-25-18/h1-6,9,14,16,19,21-22H,7-8,10-11H2/t14?,16?,19-/m1/s1. The number of halogens is 1. The quantitative estimate of drug-likeness (QED) is 0.840. The highest BCUT2D eigenvalue weighted by molar-refractivity contribution is 7.89. The van der Waals surface area contributed by atoms with Gasteiger partial charge in [0.15, 0.2) is 0 Å². The van der Waals surface area contributed by atoms with Crippen molar-refractivity contribution in [2.45, 2.75) is 36.3 Å². The zero-order valence-corrected chi connectivity index (χ0v) is 14.9. The number of rotatable bonds is 5. The van der Waals surface area contributed by atoms with E-state index in [1.165, 1.54) is 12.1 Å². The number of fused-ring (bicyclic) bond motifs is 1. The van der Waals surface area contributed by atoms with Gasteiger partial charge in [-0.15, -0.1) is 0 Å². The molecule has 2 aliphatic rings. The first-order chi connectivity index (χ1) is 12.4. The van der Waals surface area contributed by atoms with E-state index in [2.05, 4.69) is 4.72 Å². The predicted molar refractivity (Wildman–Crippen MR) is 93.8 cm³/mol. The van der Waals surface area contributed by atoms with Crippen molar-refractivity contribution in [1.82, 2.24) is 4.72 Å². The number of benzene rings is 2. The van der Waals surface area contributed by atoms with Crippen LogP contribution < -0.4 is 9.46 Å². The van der Waals surface area contributed by atoms with Gasteiger partial charge in [-0.2, -0.15) is 0 Å². The molecular formula is C19H20FNO4S. The fourth-order valence-electron chi connectivity index (χ4n) is 3.59. The van der Waals surface area contributed by atoms with Crippen molar-refractivity contribution >= 4 is 10.0 Å². The number of nitrogens with one attached hydrogen (secondary N) is 1. The lowest BCUT2D eigenvalue weighted by atomic mass is 9.75. The molecular weight excluding hydrogens is 357 g/mol. The summed E-state index contributed by atoms with van der Waals surface area (Å²) in [6, 6.07) is 10.0. The third-order valence-corrected chi connectivity index (χ3v) is 6.56. The summed E-state index contributed by atoms with van der Waals surface area (Å²) in [5, 5.41) is 9.68. The van der Waals surface area contributed by atoms with E-state index in [-0.39, 0.29) is 10.8 Å². The maximum Gasteiger partial charge on any atom is 0.241 e. The second-order valence-corrected chi connectivity index (χ2v) is 8.62. The van der Waals surface area contributed by atoms with E-state index in [9.17, 15) is 17.9 Å². The van der Waals surface area contributed by atoms with E-state index in [1.807, 2.05) is 18.2 Å². The number of hydrogen-bond acceptors (Lipinski definition) is 4. The third kappa shape index (κ3) is 3.34. The van der Waals surface area contributed by atoms with Crippen molar-refractivity contribution < 1.29 is 22.7 Å². The molecule has 0 bridgehead atoms. The molecule has 4 rings (SSSR count). The number of aliphatic hydroxyl groups is 1. The van der Waals surface area contributed by atoms with Crippen LogP contribution in [0.25, 0.3) is 0 Å². The third-order valence-electron chi connectivity index (χ3n) is 5.10. The molecule has 0 unspecified atom stereocenters. The second kappa shape index (κ2) is 6.64. The van der Waals surface area contributed by atoms with Crippen molar-refractivity contribution in [2.75, 3.05) is 6.61 Å². The minimum atomic E-state index is -3.81. The molecule has 2 aromatic carbocycles. The van der Waals surface area contributed by atoms with Crippen LogP contribution in [0.4, 0.5) is 4.39 Å². The molecule has 138 valence electrons. The van der Waals surface area contributed by atoms with Gasteiger partial charge >= 0.3 is 0 Å². The molecule has 5 nitrogen and oxygen atoms in total. The van der Waals surface area contributed by atoms with Crippen molar-refractivity contribution in [3.63, 3.8) is 0 Å². The molecule has 1 aliphatic heterocycles. The van der Waals surface area contributed by atoms with Crippen LogP contribution in [0.3, 0.4) is 0 Å². The van der Waals surface area contributed by atoms with E-state index in [1.54, 1.807) is 0 Å². The molecule has 0 aromatic heterocycles. The normalized spacial score (nSPS) is 23.0. The Bertz CT molecular complexity index is 908. The van der Waals surface area contributed by atoms with Gasteiger partial charge in [0.25, 0.3) is 0 Å². The number of sulfonamides is 1. The topological polar surface area (TPSA) is 75.6 Å². The van der Waals surface area contributed by atoms with Crippen LogP contribution in [0, 0.1) is 11.7 Å². The highest BCUT2D eigenvalue weighted by atomic mass is 32.2. The Morgan fingerprint density at radius 1 is 1.15 bits per heavy atom. The van der Waals surface area contributed by atoms with E-state index in [0.29, 0.717) is 19.4 Å². The van der Waals surface area contributed by atoms with Gasteiger partial charge in [0.05, 0.1) is 17.6 Å². The fraction of sp³-hybridized carbons (Fsp3) is 0.368. The zero-order chi connectivity index (χ0) is 18.3. The van der Waals surface area contributed by atoms with Gasteiger partial charge < -0.3 is 9.84 Å². The minimum Gasteiger partial charge on any atom is -0.493 e. The van der Waals surface area contributed by atoms with E-state index in [0.717, 1.165) is 35.4 Å². The Labute approximate surface area is 151 Å². The predicted octanol–water partition coefficient (Wildman–Crippen LogP) is 2.55. The summed E-state index contributed by atoms with van der Waals surface area (Å²) >= 11 is 0. The van der Waals surface area contributed by atoms with Crippen molar-refractivity contribution in [1.29, 1.82) is 0 Å². The molecule has 7 heteroatoms. The van der Waals surface area contributed by atoms with E-state index >= 15 is 0 Å². The van der Waals surface area contributed by atoms with Crippen molar-refractivity contribution in [2.24, 2.45) is 5.92 Å². The van der Waals surface area contributed by atoms with E-state index < -0.39 is 28.0 Å².